The van der Waals surface area contributed by atoms with Crippen molar-refractivity contribution in [2.75, 3.05) is 0 Å². The van der Waals surface area contributed by atoms with Gasteiger partial charge in [0.2, 0.25) is 0 Å². The van der Waals surface area contributed by atoms with E-state index < -0.39 is 0 Å². The quantitative estimate of drug-likeness (QED) is 0.836. The average molecular weight is 244 g/mol. The summed E-state index contributed by atoms with van der Waals surface area (Å²) in [5.41, 5.74) is 0.765. The van der Waals surface area contributed by atoms with Crippen molar-refractivity contribution in [2.45, 2.75) is 50.2 Å². The van der Waals surface area contributed by atoms with Gasteiger partial charge >= 0.3 is 0 Å². The fourth-order valence-corrected chi connectivity index (χ4v) is 3.24. The van der Waals surface area contributed by atoms with Crippen molar-refractivity contribution in [3.8, 4) is 0 Å². The molecule has 0 aliphatic carbocycles. The molecule has 1 amide bonds. The summed E-state index contributed by atoms with van der Waals surface area (Å²) in [6.07, 6.45) is 6.01. The lowest BCUT2D eigenvalue weighted by atomic mass is 9.84. The summed E-state index contributed by atoms with van der Waals surface area (Å²) in [6.45, 7) is 0. The first-order valence-corrected chi connectivity index (χ1v) is 6.93. The van der Waals surface area contributed by atoms with E-state index in [0.29, 0.717) is 18.1 Å². The van der Waals surface area contributed by atoms with Crippen LogP contribution < -0.4 is 10.6 Å². The average Bonchev–Trinajstić information content (AvgIpc) is 2.39. The molecular formula is C15H20N2O. The lowest BCUT2D eigenvalue weighted by Crippen LogP contribution is -2.54. The number of piperidine rings is 2. The Kier molecular flexibility index (Phi) is 3.33. The molecule has 0 spiro atoms. The van der Waals surface area contributed by atoms with Crippen molar-refractivity contribution in [1.82, 2.24) is 10.6 Å². The third-order valence-electron chi connectivity index (χ3n) is 4.09. The van der Waals surface area contributed by atoms with E-state index in [1.54, 1.807) is 0 Å². The van der Waals surface area contributed by atoms with Crippen LogP contribution in [-0.4, -0.2) is 24.0 Å². The molecule has 96 valence electrons. The predicted molar refractivity (Wildman–Crippen MR) is 71.5 cm³/mol. The maximum absolute atomic E-state index is 12.1. The number of carbonyl (C=O) groups is 1. The van der Waals surface area contributed by atoms with Crippen LogP contribution in [-0.2, 0) is 0 Å². The Hall–Kier alpha value is -1.35. The summed E-state index contributed by atoms with van der Waals surface area (Å²) < 4.78 is 0. The lowest BCUT2D eigenvalue weighted by Gasteiger charge is -2.40. The second-order valence-corrected chi connectivity index (χ2v) is 5.50. The topological polar surface area (TPSA) is 41.1 Å². The third kappa shape index (κ3) is 2.56. The maximum Gasteiger partial charge on any atom is 0.251 e. The standard InChI is InChI=1S/C15H20N2O/c18-15(11-5-2-1-3-6-11)17-14-9-12-7-4-8-13(10-14)16-12/h1-3,5-6,12-14,16H,4,7-10H2,(H,17,18)/t12-,13+,14?. The zero-order valence-corrected chi connectivity index (χ0v) is 10.6. The maximum atomic E-state index is 12.1. The highest BCUT2D eigenvalue weighted by molar-refractivity contribution is 5.94. The minimum Gasteiger partial charge on any atom is -0.349 e. The molecule has 18 heavy (non-hydrogen) atoms. The van der Waals surface area contributed by atoms with Gasteiger partial charge in [-0.05, 0) is 37.8 Å². The van der Waals surface area contributed by atoms with Crippen molar-refractivity contribution in [3.05, 3.63) is 35.9 Å². The molecule has 2 aliphatic rings. The number of carbonyl (C=O) groups excluding carboxylic acids is 1. The van der Waals surface area contributed by atoms with Crippen molar-refractivity contribution >= 4 is 5.91 Å². The van der Waals surface area contributed by atoms with Crippen LogP contribution >= 0.6 is 0 Å². The number of benzene rings is 1. The van der Waals surface area contributed by atoms with E-state index in [0.717, 1.165) is 18.4 Å². The summed E-state index contributed by atoms with van der Waals surface area (Å²) in [4.78, 5) is 12.1. The Morgan fingerprint density at radius 3 is 2.44 bits per heavy atom. The van der Waals surface area contributed by atoms with Gasteiger partial charge < -0.3 is 10.6 Å². The molecule has 2 aliphatic heterocycles. The summed E-state index contributed by atoms with van der Waals surface area (Å²) >= 11 is 0. The van der Waals surface area contributed by atoms with Crippen LogP contribution in [0.15, 0.2) is 30.3 Å². The number of hydrogen-bond donors (Lipinski definition) is 2. The first kappa shape index (κ1) is 11.7. The van der Waals surface area contributed by atoms with Gasteiger partial charge in [0.1, 0.15) is 0 Å². The molecule has 2 saturated heterocycles. The fourth-order valence-electron chi connectivity index (χ4n) is 3.24. The Labute approximate surface area is 108 Å². The molecule has 3 atom stereocenters. The van der Waals surface area contributed by atoms with E-state index in [9.17, 15) is 4.79 Å². The van der Waals surface area contributed by atoms with Gasteiger partial charge in [-0.2, -0.15) is 0 Å². The van der Waals surface area contributed by atoms with E-state index in [1.807, 2.05) is 30.3 Å². The number of rotatable bonds is 2. The van der Waals surface area contributed by atoms with Crippen LogP contribution in [0.4, 0.5) is 0 Å². The third-order valence-corrected chi connectivity index (χ3v) is 4.09. The zero-order valence-electron chi connectivity index (χ0n) is 10.6. The zero-order chi connectivity index (χ0) is 12.4. The molecule has 0 aromatic heterocycles. The Morgan fingerprint density at radius 1 is 1.11 bits per heavy atom. The minimum absolute atomic E-state index is 0.0700. The van der Waals surface area contributed by atoms with Crippen molar-refractivity contribution in [3.63, 3.8) is 0 Å². The Balaban J connectivity index is 1.61. The molecule has 3 heteroatoms. The highest BCUT2D eigenvalue weighted by atomic mass is 16.1. The van der Waals surface area contributed by atoms with Gasteiger partial charge in [0.05, 0.1) is 0 Å². The SMILES string of the molecule is O=C(NC1C[C@H]2CCC[C@@H](C1)N2)c1ccccc1. The highest BCUT2D eigenvalue weighted by Gasteiger charge is 2.31. The molecule has 3 nitrogen and oxygen atoms in total. The monoisotopic (exact) mass is 244 g/mol. The van der Waals surface area contributed by atoms with Gasteiger partial charge in [-0.25, -0.2) is 0 Å². The van der Waals surface area contributed by atoms with E-state index in [-0.39, 0.29) is 5.91 Å². The van der Waals surface area contributed by atoms with Crippen LogP contribution in [0.5, 0.6) is 0 Å². The summed E-state index contributed by atoms with van der Waals surface area (Å²) in [5, 5.41) is 6.83. The summed E-state index contributed by atoms with van der Waals surface area (Å²) in [5.74, 6) is 0.0700. The lowest BCUT2D eigenvalue weighted by molar-refractivity contribution is 0.0907. The van der Waals surface area contributed by atoms with Crippen molar-refractivity contribution in [2.24, 2.45) is 0 Å². The molecule has 2 N–H and O–H groups in total. The van der Waals surface area contributed by atoms with Gasteiger partial charge in [0.25, 0.3) is 5.91 Å². The molecule has 0 saturated carbocycles. The second kappa shape index (κ2) is 5.11. The molecule has 1 unspecified atom stereocenters. The number of fused-ring (bicyclic) bond motifs is 2. The molecule has 1 aromatic rings. The molecule has 3 rings (SSSR count). The van der Waals surface area contributed by atoms with Crippen LogP contribution in [0.1, 0.15) is 42.5 Å². The van der Waals surface area contributed by atoms with Crippen molar-refractivity contribution in [1.29, 1.82) is 0 Å². The highest BCUT2D eigenvalue weighted by Crippen LogP contribution is 2.25. The predicted octanol–water partition coefficient (Wildman–Crippen LogP) is 2.09. The summed E-state index contributed by atoms with van der Waals surface area (Å²) in [6, 6.07) is 11.1. The fraction of sp³-hybridized carbons (Fsp3) is 0.533. The van der Waals surface area contributed by atoms with Gasteiger partial charge in [0, 0.05) is 23.7 Å². The first-order valence-electron chi connectivity index (χ1n) is 6.93. The molecular weight excluding hydrogens is 224 g/mol. The van der Waals surface area contributed by atoms with E-state index in [4.69, 9.17) is 0 Å². The first-order chi connectivity index (χ1) is 8.81. The molecule has 2 fully saturated rings. The van der Waals surface area contributed by atoms with Crippen molar-refractivity contribution < 1.29 is 4.79 Å². The normalized spacial score (nSPS) is 30.8. The molecule has 2 heterocycles. The Bertz CT molecular complexity index is 406. The van der Waals surface area contributed by atoms with Crippen LogP contribution in [0.3, 0.4) is 0 Å². The summed E-state index contributed by atoms with van der Waals surface area (Å²) in [7, 11) is 0. The second-order valence-electron chi connectivity index (χ2n) is 5.50. The van der Waals surface area contributed by atoms with Gasteiger partial charge in [0.15, 0.2) is 0 Å². The van der Waals surface area contributed by atoms with Gasteiger partial charge in [-0.3, -0.25) is 4.79 Å². The number of hydrogen-bond acceptors (Lipinski definition) is 2. The van der Waals surface area contributed by atoms with Gasteiger partial charge in [-0.15, -0.1) is 0 Å². The molecule has 0 radical (unpaired) electrons. The number of nitrogens with one attached hydrogen (secondary N) is 2. The number of amides is 1. The van der Waals surface area contributed by atoms with E-state index >= 15 is 0 Å². The van der Waals surface area contributed by atoms with Gasteiger partial charge in [-0.1, -0.05) is 24.6 Å². The largest absolute Gasteiger partial charge is 0.349 e. The van der Waals surface area contributed by atoms with E-state index in [2.05, 4.69) is 10.6 Å². The van der Waals surface area contributed by atoms with Crippen LogP contribution in [0.2, 0.25) is 0 Å². The van der Waals surface area contributed by atoms with Crippen LogP contribution in [0.25, 0.3) is 0 Å². The van der Waals surface area contributed by atoms with E-state index in [1.165, 1.54) is 19.3 Å². The minimum atomic E-state index is 0.0700. The Morgan fingerprint density at radius 2 is 1.78 bits per heavy atom. The smallest absolute Gasteiger partial charge is 0.251 e. The molecule has 2 bridgehead atoms. The van der Waals surface area contributed by atoms with Crippen LogP contribution in [0, 0.1) is 0 Å². The molecule has 1 aromatic carbocycles.